The van der Waals surface area contributed by atoms with Crippen LogP contribution in [0.1, 0.15) is 72.6 Å². The molecule has 0 amide bonds. The first-order chi connectivity index (χ1) is 9.16. The van der Waals surface area contributed by atoms with Crippen molar-refractivity contribution in [3.05, 3.63) is 0 Å². The normalized spacial score (nSPS) is 18.7. The number of hydrogen-bond donors (Lipinski definition) is 0. The van der Waals surface area contributed by atoms with Gasteiger partial charge in [-0.25, -0.2) is 4.58 Å². The molecule has 2 unspecified atom stereocenters. The van der Waals surface area contributed by atoms with Crippen molar-refractivity contribution < 1.29 is 4.58 Å². The van der Waals surface area contributed by atoms with E-state index < -0.39 is 0 Å². The summed E-state index contributed by atoms with van der Waals surface area (Å²) in [5, 5.41) is 0. The SMILES string of the molecule is CCCCCCCCC(C)C(C(C)C)[N+]1=CSCC1. The smallest absolute Gasteiger partial charge is 0.198 e. The van der Waals surface area contributed by atoms with E-state index in [1.165, 1.54) is 57.2 Å². The third-order valence-corrected chi connectivity index (χ3v) is 5.18. The highest BCUT2D eigenvalue weighted by molar-refractivity contribution is 8.12. The maximum atomic E-state index is 2.61. The Morgan fingerprint density at radius 1 is 1.05 bits per heavy atom. The fraction of sp³-hybridized carbons (Fsp3) is 0.941. The van der Waals surface area contributed by atoms with Crippen LogP contribution in [0.4, 0.5) is 0 Å². The van der Waals surface area contributed by atoms with E-state index in [1.54, 1.807) is 0 Å². The van der Waals surface area contributed by atoms with E-state index >= 15 is 0 Å². The molecule has 0 N–H and O–H groups in total. The molecule has 0 saturated heterocycles. The van der Waals surface area contributed by atoms with E-state index in [-0.39, 0.29) is 0 Å². The maximum Gasteiger partial charge on any atom is 0.198 e. The van der Waals surface area contributed by atoms with Gasteiger partial charge in [-0.05, 0) is 6.42 Å². The van der Waals surface area contributed by atoms with Crippen LogP contribution < -0.4 is 0 Å². The molecule has 0 aliphatic carbocycles. The minimum atomic E-state index is 0.755. The molecular weight excluding hydrogens is 250 g/mol. The molecule has 0 bridgehead atoms. The van der Waals surface area contributed by atoms with Crippen LogP contribution in [0, 0.1) is 11.8 Å². The molecule has 112 valence electrons. The van der Waals surface area contributed by atoms with Gasteiger partial charge in [-0.2, -0.15) is 0 Å². The van der Waals surface area contributed by atoms with Crippen LogP contribution in [0.3, 0.4) is 0 Å². The summed E-state index contributed by atoms with van der Waals surface area (Å²) >= 11 is 1.98. The summed E-state index contributed by atoms with van der Waals surface area (Å²) in [6, 6.07) is 0.755. The van der Waals surface area contributed by atoms with Crippen molar-refractivity contribution in [2.24, 2.45) is 11.8 Å². The van der Waals surface area contributed by atoms with E-state index in [1.807, 2.05) is 11.8 Å². The third-order valence-electron chi connectivity index (χ3n) is 4.34. The van der Waals surface area contributed by atoms with Gasteiger partial charge in [-0.3, -0.25) is 0 Å². The lowest BCUT2D eigenvalue weighted by Gasteiger charge is -2.24. The Balaban J connectivity index is 2.26. The first-order valence-corrected chi connectivity index (χ1v) is 9.42. The Morgan fingerprint density at radius 2 is 1.74 bits per heavy atom. The Morgan fingerprint density at radius 3 is 2.32 bits per heavy atom. The molecule has 2 heteroatoms. The topological polar surface area (TPSA) is 3.01 Å². The average molecular weight is 285 g/mol. The van der Waals surface area contributed by atoms with Gasteiger partial charge in [0.15, 0.2) is 18.1 Å². The Kier molecular flexibility index (Phi) is 8.85. The van der Waals surface area contributed by atoms with Crippen molar-refractivity contribution in [3.8, 4) is 0 Å². The minimum absolute atomic E-state index is 0.755. The van der Waals surface area contributed by atoms with Gasteiger partial charge in [0.1, 0.15) is 0 Å². The molecular formula is C17H34NS+. The third kappa shape index (κ3) is 6.33. The molecule has 2 atom stereocenters. The summed E-state index contributed by atoms with van der Waals surface area (Å²) in [4.78, 5) is 0. The van der Waals surface area contributed by atoms with Crippen LogP contribution in [0.2, 0.25) is 0 Å². The highest BCUT2D eigenvalue weighted by Crippen LogP contribution is 2.24. The van der Waals surface area contributed by atoms with Crippen LogP contribution in [0.15, 0.2) is 0 Å². The highest BCUT2D eigenvalue weighted by atomic mass is 32.2. The van der Waals surface area contributed by atoms with Crippen LogP contribution in [0.25, 0.3) is 0 Å². The second kappa shape index (κ2) is 9.85. The van der Waals surface area contributed by atoms with Gasteiger partial charge < -0.3 is 0 Å². The van der Waals surface area contributed by atoms with Gasteiger partial charge in [0.2, 0.25) is 0 Å². The molecule has 0 fully saturated rings. The zero-order valence-corrected chi connectivity index (χ0v) is 14.3. The van der Waals surface area contributed by atoms with Crippen molar-refractivity contribution >= 4 is 17.3 Å². The summed E-state index contributed by atoms with van der Waals surface area (Å²) in [5.74, 6) is 2.89. The lowest BCUT2D eigenvalue weighted by atomic mass is 9.87. The van der Waals surface area contributed by atoms with Crippen LogP contribution >= 0.6 is 11.8 Å². The predicted molar refractivity (Wildman–Crippen MR) is 89.4 cm³/mol. The van der Waals surface area contributed by atoms with Gasteiger partial charge in [-0.15, -0.1) is 0 Å². The van der Waals surface area contributed by atoms with Crippen molar-refractivity contribution in [1.29, 1.82) is 0 Å². The van der Waals surface area contributed by atoms with E-state index in [2.05, 4.69) is 37.8 Å². The molecule has 1 aliphatic rings. The number of thioether (sulfide) groups is 1. The zero-order chi connectivity index (χ0) is 14.1. The van der Waals surface area contributed by atoms with Gasteiger partial charge in [0, 0.05) is 11.8 Å². The second-order valence-electron chi connectivity index (χ2n) is 6.48. The van der Waals surface area contributed by atoms with Crippen LogP contribution in [0.5, 0.6) is 0 Å². The van der Waals surface area contributed by atoms with E-state index in [0.717, 1.165) is 17.9 Å². The summed E-state index contributed by atoms with van der Waals surface area (Å²) in [7, 11) is 0. The quantitative estimate of drug-likeness (QED) is 0.394. The summed E-state index contributed by atoms with van der Waals surface area (Å²) in [5.41, 5.74) is 2.38. The number of nitrogens with zero attached hydrogens (tertiary/aromatic N) is 1. The van der Waals surface area contributed by atoms with Crippen LogP contribution in [-0.2, 0) is 0 Å². The first-order valence-electron chi connectivity index (χ1n) is 8.37. The molecule has 19 heavy (non-hydrogen) atoms. The van der Waals surface area contributed by atoms with E-state index in [0.29, 0.717) is 0 Å². The van der Waals surface area contributed by atoms with E-state index in [9.17, 15) is 0 Å². The Hall–Kier alpha value is 0.0200. The molecule has 1 aliphatic heterocycles. The number of unbranched alkanes of at least 4 members (excludes halogenated alkanes) is 5. The molecule has 0 spiro atoms. The Labute approximate surface area is 125 Å². The van der Waals surface area contributed by atoms with E-state index in [4.69, 9.17) is 0 Å². The Bertz CT molecular complexity index is 260. The predicted octanol–water partition coefficient (Wildman–Crippen LogP) is 5.19. The van der Waals surface area contributed by atoms with Crippen molar-refractivity contribution in [3.63, 3.8) is 0 Å². The molecule has 1 heterocycles. The summed E-state index contributed by atoms with van der Waals surface area (Å²) in [6.07, 6.45) is 9.93. The lowest BCUT2D eigenvalue weighted by molar-refractivity contribution is -0.569. The molecule has 0 radical (unpaired) electrons. The summed E-state index contributed by atoms with van der Waals surface area (Å²) < 4.78 is 2.61. The van der Waals surface area contributed by atoms with Gasteiger partial charge in [-0.1, -0.05) is 78.0 Å². The van der Waals surface area contributed by atoms with Gasteiger partial charge in [0.05, 0.1) is 5.75 Å². The maximum absolute atomic E-state index is 2.61. The minimum Gasteiger partial charge on any atom is -0.226 e. The second-order valence-corrected chi connectivity index (χ2v) is 7.43. The molecule has 0 aromatic carbocycles. The largest absolute Gasteiger partial charge is 0.226 e. The monoisotopic (exact) mass is 284 g/mol. The summed E-state index contributed by atoms with van der Waals surface area (Å²) in [6.45, 7) is 10.8. The van der Waals surface area contributed by atoms with Crippen molar-refractivity contribution in [2.75, 3.05) is 12.3 Å². The standard InChI is InChI=1S/C17H34NS/c1-5-6-7-8-9-10-11-16(4)17(15(2)3)18-12-13-19-14-18/h14-17H,5-13H2,1-4H3/q+1. The molecule has 0 saturated carbocycles. The fourth-order valence-corrected chi connectivity index (χ4v) is 4.22. The molecule has 1 nitrogen and oxygen atoms in total. The molecule has 1 rings (SSSR count). The molecule has 0 aromatic rings. The zero-order valence-electron chi connectivity index (χ0n) is 13.5. The number of hydrogen-bond acceptors (Lipinski definition) is 1. The first kappa shape index (κ1) is 17.1. The van der Waals surface area contributed by atoms with Gasteiger partial charge in [0.25, 0.3) is 0 Å². The van der Waals surface area contributed by atoms with Crippen molar-refractivity contribution in [2.45, 2.75) is 78.7 Å². The van der Waals surface area contributed by atoms with Crippen LogP contribution in [-0.4, -0.2) is 28.5 Å². The van der Waals surface area contributed by atoms with Gasteiger partial charge >= 0.3 is 0 Å². The lowest BCUT2D eigenvalue weighted by Crippen LogP contribution is -2.36. The number of rotatable bonds is 10. The fourth-order valence-electron chi connectivity index (χ4n) is 3.36. The molecule has 0 aromatic heterocycles. The van der Waals surface area contributed by atoms with Crippen molar-refractivity contribution in [1.82, 2.24) is 0 Å². The highest BCUT2D eigenvalue weighted by Gasteiger charge is 2.31. The average Bonchev–Trinajstić information content (AvgIpc) is 2.87.